The van der Waals surface area contributed by atoms with Crippen LogP contribution in [0.2, 0.25) is 0 Å². The van der Waals surface area contributed by atoms with Gasteiger partial charge in [-0.2, -0.15) is 0 Å². The summed E-state index contributed by atoms with van der Waals surface area (Å²) in [5.74, 6) is 1.57. The molecule has 1 saturated carbocycles. The molecule has 0 unspecified atom stereocenters. The van der Waals surface area contributed by atoms with Gasteiger partial charge in [0.1, 0.15) is 5.82 Å². The lowest BCUT2D eigenvalue weighted by Crippen LogP contribution is -1.99. The SMILES string of the molecule is C=C(CCC)Nc1cc2ccc(-c3cnccc3C3CC3)cc2cn1. The van der Waals surface area contributed by atoms with Crippen molar-refractivity contribution in [1.82, 2.24) is 9.97 Å². The summed E-state index contributed by atoms with van der Waals surface area (Å²) in [6.45, 7) is 6.20. The van der Waals surface area contributed by atoms with Crippen molar-refractivity contribution in [1.29, 1.82) is 0 Å². The number of benzene rings is 1. The number of hydrogen-bond donors (Lipinski definition) is 1. The van der Waals surface area contributed by atoms with Crippen molar-refractivity contribution in [2.75, 3.05) is 5.32 Å². The summed E-state index contributed by atoms with van der Waals surface area (Å²) >= 11 is 0. The van der Waals surface area contributed by atoms with E-state index in [2.05, 4.69) is 59.1 Å². The minimum atomic E-state index is 0.711. The Kier molecular flexibility index (Phi) is 4.22. The van der Waals surface area contributed by atoms with E-state index in [1.54, 1.807) is 0 Å². The maximum atomic E-state index is 4.55. The first-order chi connectivity index (χ1) is 12.2. The summed E-state index contributed by atoms with van der Waals surface area (Å²) < 4.78 is 0. The fraction of sp³-hybridized carbons (Fsp3) is 0.273. The monoisotopic (exact) mass is 329 g/mol. The average Bonchev–Trinajstić information content (AvgIpc) is 3.46. The highest BCUT2D eigenvalue weighted by atomic mass is 15.0. The Morgan fingerprint density at radius 1 is 1.16 bits per heavy atom. The van der Waals surface area contributed by atoms with Crippen LogP contribution in [0.1, 0.15) is 44.1 Å². The van der Waals surface area contributed by atoms with Crippen LogP contribution in [0, 0.1) is 0 Å². The van der Waals surface area contributed by atoms with E-state index in [-0.39, 0.29) is 0 Å². The van der Waals surface area contributed by atoms with E-state index >= 15 is 0 Å². The number of allylic oxidation sites excluding steroid dienone is 1. The molecule has 1 aliphatic carbocycles. The predicted octanol–water partition coefficient (Wildman–Crippen LogP) is 5.90. The molecule has 2 aromatic heterocycles. The van der Waals surface area contributed by atoms with Crippen molar-refractivity contribution in [2.45, 2.75) is 38.5 Å². The number of nitrogens with zero attached hydrogens (tertiary/aromatic N) is 2. The first-order valence-electron chi connectivity index (χ1n) is 9.03. The Labute approximate surface area is 148 Å². The van der Waals surface area contributed by atoms with Gasteiger partial charge in [-0.05, 0) is 59.9 Å². The molecule has 4 rings (SSSR count). The van der Waals surface area contributed by atoms with E-state index in [1.807, 2.05) is 18.6 Å². The van der Waals surface area contributed by atoms with Gasteiger partial charge < -0.3 is 5.32 Å². The van der Waals surface area contributed by atoms with Crippen LogP contribution < -0.4 is 5.32 Å². The molecule has 3 nitrogen and oxygen atoms in total. The number of hydrogen-bond acceptors (Lipinski definition) is 3. The minimum absolute atomic E-state index is 0.711. The normalized spacial score (nSPS) is 13.8. The summed E-state index contributed by atoms with van der Waals surface area (Å²) in [7, 11) is 0. The Morgan fingerprint density at radius 2 is 2.04 bits per heavy atom. The van der Waals surface area contributed by atoms with E-state index in [0.29, 0.717) is 5.92 Å². The molecule has 2 heterocycles. The van der Waals surface area contributed by atoms with Gasteiger partial charge in [0, 0.05) is 35.2 Å². The molecule has 126 valence electrons. The predicted molar refractivity (Wildman–Crippen MR) is 105 cm³/mol. The molecule has 25 heavy (non-hydrogen) atoms. The average molecular weight is 329 g/mol. The summed E-state index contributed by atoms with van der Waals surface area (Å²) in [5.41, 5.74) is 4.91. The van der Waals surface area contributed by atoms with Gasteiger partial charge in [-0.15, -0.1) is 0 Å². The highest BCUT2D eigenvalue weighted by Crippen LogP contribution is 2.44. The van der Waals surface area contributed by atoms with Crippen LogP contribution in [-0.2, 0) is 0 Å². The van der Waals surface area contributed by atoms with Crippen molar-refractivity contribution >= 4 is 16.6 Å². The molecule has 1 N–H and O–H groups in total. The smallest absolute Gasteiger partial charge is 0.130 e. The second-order valence-electron chi connectivity index (χ2n) is 6.85. The van der Waals surface area contributed by atoms with E-state index in [4.69, 9.17) is 0 Å². The van der Waals surface area contributed by atoms with Crippen LogP contribution >= 0.6 is 0 Å². The maximum Gasteiger partial charge on any atom is 0.130 e. The van der Waals surface area contributed by atoms with E-state index in [0.717, 1.165) is 29.7 Å². The molecule has 0 amide bonds. The zero-order valence-electron chi connectivity index (χ0n) is 14.6. The Bertz CT molecular complexity index is 925. The molecule has 1 aromatic carbocycles. The molecule has 0 saturated heterocycles. The molecule has 0 atom stereocenters. The Morgan fingerprint density at radius 3 is 2.84 bits per heavy atom. The van der Waals surface area contributed by atoms with Crippen LogP contribution in [0.15, 0.2) is 61.2 Å². The molecule has 0 aliphatic heterocycles. The largest absolute Gasteiger partial charge is 0.344 e. The zero-order chi connectivity index (χ0) is 17.2. The summed E-state index contributed by atoms with van der Waals surface area (Å²) in [4.78, 5) is 8.89. The van der Waals surface area contributed by atoms with E-state index in [1.165, 1.54) is 34.9 Å². The first-order valence-corrected chi connectivity index (χ1v) is 9.03. The number of nitrogens with one attached hydrogen (secondary N) is 1. The topological polar surface area (TPSA) is 37.8 Å². The molecule has 0 radical (unpaired) electrons. The molecule has 0 bridgehead atoms. The lowest BCUT2D eigenvalue weighted by atomic mass is 9.97. The summed E-state index contributed by atoms with van der Waals surface area (Å²) in [6, 6.07) is 10.8. The molecule has 1 aliphatic rings. The molecule has 1 fully saturated rings. The number of aromatic nitrogens is 2. The van der Waals surface area contributed by atoms with Gasteiger partial charge in [0.2, 0.25) is 0 Å². The van der Waals surface area contributed by atoms with Gasteiger partial charge in [0.15, 0.2) is 0 Å². The summed E-state index contributed by atoms with van der Waals surface area (Å²) in [5, 5.41) is 5.63. The first kappa shape index (κ1) is 15.8. The van der Waals surface area contributed by atoms with Gasteiger partial charge in [0.25, 0.3) is 0 Å². The molecule has 3 aromatic rings. The van der Waals surface area contributed by atoms with Crippen molar-refractivity contribution in [2.24, 2.45) is 0 Å². The third kappa shape index (κ3) is 3.41. The number of pyridine rings is 2. The zero-order valence-corrected chi connectivity index (χ0v) is 14.6. The van der Waals surface area contributed by atoms with Gasteiger partial charge in [0.05, 0.1) is 0 Å². The number of fused-ring (bicyclic) bond motifs is 1. The maximum absolute atomic E-state index is 4.55. The molecule has 0 spiro atoms. The van der Waals surface area contributed by atoms with Gasteiger partial charge in [-0.1, -0.05) is 32.1 Å². The molecule has 3 heteroatoms. The highest BCUT2D eigenvalue weighted by molar-refractivity contribution is 5.89. The minimum Gasteiger partial charge on any atom is -0.344 e. The standard InChI is InChI=1S/C22H23N3/c1-3-4-15(2)25-22-12-17-7-8-18(11-19(17)13-24-22)21-14-23-10-9-20(21)16-5-6-16/h7-14,16H,2-6H2,1H3,(H,24,25). The van der Waals surface area contributed by atoms with Crippen LogP contribution in [0.4, 0.5) is 5.82 Å². The van der Waals surface area contributed by atoms with Crippen LogP contribution in [0.5, 0.6) is 0 Å². The van der Waals surface area contributed by atoms with Gasteiger partial charge >= 0.3 is 0 Å². The number of anilines is 1. The second-order valence-corrected chi connectivity index (χ2v) is 6.85. The quantitative estimate of drug-likeness (QED) is 0.612. The highest BCUT2D eigenvalue weighted by Gasteiger charge is 2.26. The van der Waals surface area contributed by atoms with Crippen molar-refractivity contribution in [3.63, 3.8) is 0 Å². The Hall–Kier alpha value is -2.68. The fourth-order valence-corrected chi connectivity index (χ4v) is 3.32. The van der Waals surface area contributed by atoms with Crippen molar-refractivity contribution in [3.8, 4) is 11.1 Å². The Balaban J connectivity index is 1.66. The van der Waals surface area contributed by atoms with Gasteiger partial charge in [-0.25, -0.2) is 4.98 Å². The van der Waals surface area contributed by atoms with Crippen LogP contribution in [0.25, 0.3) is 21.9 Å². The lowest BCUT2D eigenvalue weighted by Gasteiger charge is -2.11. The van der Waals surface area contributed by atoms with Crippen molar-refractivity contribution in [3.05, 3.63) is 66.8 Å². The fourth-order valence-electron chi connectivity index (χ4n) is 3.32. The van der Waals surface area contributed by atoms with E-state index < -0.39 is 0 Å². The summed E-state index contributed by atoms with van der Waals surface area (Å²) in [6.07, 6.45) is 10.5. The van der Waals surface area contributed by atoms with E-state index in [9.17, 15) is 0 Å². The van der Waals surface area contributed by atoms with Gasteiger partial charge in [-0.3, -0.25) is 4.98 Å². The van der Waals surface area contributed by atoms with Crippen LogP contribution in [-0.4, -0.2) is 9.97 Å². The molecular formula is C22H23N3. The van der Waals surface area contributed by atoms with Crippen LogP contribution in [0.3, 0.4) is 0 Å². The number of rotatable bonds is 6. The third-order valence-electron chi connectivity index (χ3n) is 4.76. The molecular weight excluding hydrogens is 306 g/mol. The lowest BCUT2D eigenvalue weighted by molar-refractivity contribution is 0.911. The van der Waals surface area contributed by atoms with Crippen molar-refractivity contribution < 1.29 is 0 Å². The second kappa shape index (κ2) is 6.67. The third-order valence-corrected chi connectivity index (χ3v) is 4.76.